The minimum Gasteiger partial charge on any atom is -0.497 e. The van der Waals surface area contributed by atoms with E-state index in [1.54, 1.807) is 66.7 Å². The van der Waals surface area contributed by atoms with Gasteiger partial charge in [0.15, 0.2) is 0 Å². The van der Waals surface area contributed by atoms with E-state index in [4.69, 9.17) is 37.4 Å². The van der Waals surface area contributed by atoms with Crippen LogP contribution in [0.4, 0.5) is 10.5 Å². The van der Waals surface area contributed by atoms with Gasteiger partial charge in [-0.2, -0.15) is 0 Å². The Morgan fingerprint density at radius 1 is 0.738 bits per heavy atom. The first-order valence-corrected chi connectivity index (χ1v) is 13.5. The maximum atomic E-state index is 13.5. The lowest BCUT2D eigenvalue weighted by molar-refractivity contribution is -0.122. The van der Waals surface area contributed by atoms with Crippen molar-refractivity contribution in [2.45, 2.75) is 13.2 Å². The van der Waals surface area contributed by atoms with E-state index in [-0.39, 0.29) is 17.9 Å². The molecular formula is C32H24Cl2N2O6. The van der Waals surface area contributed by atoms with Crippen molar-refractivity contribution in [3.63, 3.8) is 0 Å². The molecule has 8 nitrogen and oxygen atoms in total. The van der Waals surface area contributed by atoms with Crippen molar-refractivity contribution in [1.29, 1.82) is 0 Å². The Balaban J connectivity index is 1.36. The molecular weight excluding hydrogens is 579 g/mol. The number of hydrogen-bond acceptors (Lipinski definition) is 6. The van der Waals surface area contributed by atoms with Gasteiger partial charge in [0.05, 0.1) is 12.8 Å². The lowest BCUT2D eigenvalue weighted by atomic mass is 10.1. The molecule has 0 spiro atoms. The average molecular weight is 603 g/mol. The molecule has 0 saturated carbocycles. The first-order chi connectivity index (χ1) is 20.3. The van der Waals surface area contributed by atoms with Crippen LogP contribution in [0.3, 0.4) is 0 Å². The molecule has 42 heavy (non-hydrogen) atoms. The van der Waals surface area contributed by atoms with Gasteiger partial charge in [0.1, 0.15) is 36.0 Å². The Labute approximate surface area is 252 Å². The number of urea groups is 1. The second-order valence-corrected chi connectivity index (χ2v) is 10.1. The highest BCUT2D eigenvalue weighted by molar-refractivity contribution is 6.39. The summed E-state index contributed by atoms with van der Waals surface area (Å²) < 4.78 is 17.1. The van der Waals surface area contributed by atoms with Gasteiger partial charge in [-0.1, -0.05) is 47.5 Å². The molecule has 0 atom stereocenters. The molecule has 5 rings (SSSR count). The number of imide groups is 2. The minimum atomic E-state index is -0.856. The summed E-state index contributed by atoms with van der Waals surface area (Å²) in [5, 5.41) is 3.47. The van der Waals surface area contributed by atoms with Crippen molar-refractivity contribution in [3.8, 4) is 17.2 Å². The Bertz CT molecular complexity index is 1650. The van der Waals surface area contributed by atoms with E-state index in [1.165, 1.54) is 13.2 Å². The van der Waals surface area contributed by atoms with Crippen molar-refractivity contribution in [2.75, 3.05) is 12.0 Å². The van der Waals surface area contributed by atoms with Crippen molar-refractivity contribution in [2.24, 2.45) is 0 Å². The molecule has 1 heterocycles. The Morgan fingerprint density at radius 2 is 1.31 bits per heavy atom. The average Bonchev–Trinajstić information content (AvgIpc) is 2.99. The van der Waals surface area contributed by atoms with Crippen LogP contribution < -0.4 is 24.4 Å². The maximum absolute atomic E-state index is 13.5. The Kier molecular flexibility index (Phi) is 8.76. The van der Waals surface area contributed by atoms with E-state index in [0.717, 1.165) is 16.0 Å². The van der Waals surface area contributed by atoms with Crippen molar-refractivity contribution < 1.29 is 28.6 Å². The molecule has 212 valence electrons. The highest BCUT2D eigenvalue weighted by Crippen LogP contribution is 2.30. The minimum absolute atomic E-state index is 0.206. The van der Waals surface area contributed by atoms with Gasteiger partial charge in [-0.05, 0) is 77.9 Å². The number of anilines is 1. The van der Waals surface area contributed by atoms with E-state index >= 15 is 0 Å². The summed E-state index contributed by atoms with van der Waals surface area (Å²) in [5.41, 5.74) is 2.27. The molecule has 1 N–H and O–H groups in total. The van der Waals surface area contributed by atoms with Gasteiger partial charge >= 0.3 is 6.03 Å². The molecule has 0 aromatic heterocycles. The zero-order valence-electron chi connectivity index (χ0n) is 22.3. The van der Waals surface area contributed by atoms with Gasteiger partial charge in [0.25, 0.3) is 11.8 Å². The fraction of sp³-hybridized carbons (Fsp3) is 0.0938. The number of benzene rings is 4. The standard InChI is InChI=1S/C32H24Cl2N2O6/c1-40-27-13-6-22(29(17-27)42-19-21-4-9-24(34)10-5-21)16-28-30(37)35-32(39)36(31(28)38)25-11-14-26(15-12-25)41-18-20-2-7-23(33)8-3-20/h2-17H,18-19H2,1H3,(H,35,37,39)/b28-16+. The topological polar surface area (TPSA) is 94.2 Å². The number of methoxy groups -OCH3 is 1. The number of nitrogens with zero attached hydrogens (tertiary/aromatic N) is 1. The second kappa shape index (κ2) is 12.8. The number of nitrogens with one attached hydrogen (secondary N) is 1. The van der Waals surface area contributed by atoms with Gasteiger partial charge in [-0.3, -0.25) is 14.9 Å². The van der Waals surface area contributed by atoms with E-state index in [0.29, 0.717) is 39.5 Å². The van der Waals surface area contributed by atoms with Crippen molar-refractivity contribution in [1.82, 2.24) is 5.32 Å². The van der Waals surface area contributed by atoms with Crippen LogP contribution in [-0.2, 0) is 22.8 Å². The lowest BCUT2D eigenvalue weighted by Gasteiger charge is -2.26. The molecule has 4 amide bonds. The largest absolute Gasteiger partial charge is 0.497 e. The lowest BCUT2D eigenvalue weighted by Crippen LogP contribution is -2.54. The Morgan fingerprint density at radius 3 is 1.90 bits per heavy atom. The normalized spacial score (nSPS) is 14.1. The second-order valence-electron chi connectivity index (χ2n) is 9.19. The number of amides is 4. The quantitative estimate of drug-likeness (QED) is 0.167. The summed E-state index contributed by atoms with van der Waals surface area (Å²) in [7, 11) is 1.52. The summed E-state index contributed by atoms with van der Waals surface area (Å²) in [5.74, 6) is -0.159. The zero-order chi connectivity index (χ0) is 29.6. The monoisotopic (exact) mass is 602 g/mol. The number of rotatable bonds is 9. The summed E-state index contributed by atoms with van der Waals surface area (Å²) in [4.78, 5) is 39.9. The van der Waals surface area contributed by atoms with Crippen LogP contribution in [0.5, 0.6) is 17.2 Å². The third-order valence-corrected chi connectivity index (χ3v) is 6.85. The summed E-state index contributed by atoms with van der Waals surface area (Å²) in [6, 6.07) is 25.0. The molecule has 4 aromatic rings. The molecule has 1 aliphatic heterocycles. The van der Waals surface area contributed by atoms with Crippen LogP contribution in [0.15, 0.2) is 96.6 Å². The highest BCUT2D eigenvalue weighted by atomic mass is 35.5. The van der Waals surface area contributed by atoms with Crippen LogP contribution >= 0.6 is 23.2 Å². The predicted molar refractivity (Wildman–Crippen MR) is 160 cm³/mol. The van der Waals surface area contributed by atoms with E-state index in [2.05, 4.69) is 5.32 Å². The first kappa shape index (κ1) is 28.7. The van der Waals surface area contributed by atoms with Gasteiger partial charge < -0.3 is 14.2 Å². The Hall–Kier alpha value is -4.79. The fourth-order valence-corrected chi connectivity index (χ4v) is 4.37. The number of hydrogen-bond donors (Lipinski definition) is 1. The van der Waals surface area contributed by atoms with Crippen molar-refractivity contribution in [3.05, 3.63) is 123 Å². The third kappa shape index (κ3) is 6.74. The molecule has 0 radical (unpaired) electrons. The molecule has 0 aliphatic carbocycles. The summed E-state index contributed by atoms with van der Waals surface area (Å²) >= 11 is 11.9. The van der Waals surface area contributed by atoms with Crippen LogP contribution in [0, 0.1) is 0 Å². The van der Waals surface area contributed by atoms with E-state index in [9.17, 15) is 14.4 Å². The summed E-state index contributed by atoms with van der Waals surface area (Å²) in [6.07, 6.45) is 1.39. The molecule has 10 heteroatoms. The molecule has 1 saturated heterocycles. The van der Waals surface area contributed by atoms with E-state index < -0.39 is 17.8 Å². The molecule has 1 fully saturated rings. The SMILES string of the molecule is COc1ccc(/C=C2\C(=O)NC(=O)N(c3ccc(OCc4ccc(Cl)cc4)cc3)C2=O)c(OCc2ccc(Cl)cc2)c1. The molecule has 4 aromatic carbocycles. The van der Waals surface area contributed by atoms with Gasteiger partial charge in [-0.15, -0.1) is 0 Å². The zero-order valence-corrected chi connectivity index (χ0v) is 23.8. The number of halogens is 2. The maximum Gasteiger partial charge on any atom is 0.335 e. The predicted octanol–water partition coefficient (Wildman–Crippen LogP) is 6.83. The number of carbonyl (C=O) groups is 3. The van der Waals surface area contributed by atoms with Gasteiger partial charge in [0, 0.05) is 21.7 Å². The number of barbiturate groups is 1. The van der Waals surface area contributed by atoms with Gasteiger partial charge in [0.2, 0.25) is 0 Å². The van der Waals surface area contributed by atoms with Crippen LogP contribution in [0.2, 0.25) is 10.0 Å². The molecule has 0 bridgehead atoms. The van der Waals surface area contributed by atoms with Crippen LogP contribution in [0.1, 0.15) is 16.7 Å². The smallest absolute Gasteiger partial charge is 0.335 e. The van der Waals surface area contributed by atoms with Gasteiger partial charge in [-0.25, -0.2) is 9.69 Å². The van der Waals surface area contributed by atoms with Crippen LogP contribution in [-0.4, -0.2) is 25.0 Å². The third-order valence-electron chi connectivity index (χ3n) is 6.34. The van der Waals surface area contributed by atoms with Crippen LogP contribution in [0.25, 0.3) is 6.08 Å². The van der Waals surface area contributed by atoms with E-state index in [1.807, 2.05) is 24.3 Å². The number of ether oxygens (including phenoxy) is 3. The van der Waals surface area contributed by atoms with Crippen molar-refractivity contribution >= 4 is 52.8 Å². The highest BCUT2D eigenvalue weighted by Gasteiger charge is 2.37. The summed E-state index contributed by atoms with van der Waals surface area (Å²) in [6.45, 7) is 0.517. The first-order valence-electron chi connectivity index (χ1n) is 12.7. The fourth-order valence-electron chi connectivity index (χ4n) is 4.11. The molecule has 1 aliphatic rings. The molecule has 0 unspecified atom stereocenters. The number of carbonyl (C=O) groups excluding carboxylic acids is 3.